The fraction of sp³-hybridized carbons (Fsp3) is 0.300. The van der Waals surface area contributed by atoms with Gasteiger partial charge in [0.05, 0.1) is 11.6 Å². The quantitative estimate of drug-likeness (QED) is 0.849. The Labute approximate surface area is 90.5 Å². The summed E-state index contributed by atoms with van der Waals surface area (Å²) < 4.78 is 2.76. The van der Waals surface area contributed by atoms with Crippen LogP contribution in [0.15, 0.2) is 22.8 Å². The van der Waals surface area contributed by atoms with Crippen LogP contribution in [0.5, 0.6) is 0 Å². The summed E-state index contributed by atoms with van der Waals surface area (Å²) in [5.41, 5.74) is 1.72. The summed E-state index contributed by atoms with van der Waals surface area (Å²) in [4.78, 5) is 0. The third kappa shape index (κ3) is 1.44. The van der Waals surface area contributed by atoms with Crippen LogP contribution in [-0.2, 0) is 7.05 Å². The highest BCUT2D eigenvalue weighted by Gasteiger charge is 2.11. The Morgan fingerprint density at radius 1 is 1.50 bits per heavy atom. The Hall–Kier alpha value is -0.870. The number of hydrogen-bond acceptors (Lipinski definition) is 2. The van der Waals surface area contributed by atoms with Crippen molar-refractivity contribution in [1.82, 2.24) is 9.78 Å². The van der Waals surface area contributed by atoms with Gasteiger partial charge in [0.2, 0.25) is 0 Å². The van der Waals surface area contributed by atoms with Crippen LogP contribution in [0.2, 0.25) is 0 Å². The smallest absolute Gasteiger partial charge is 0.0992 e. The van der Waals surface area contributed by atoms with Crippen LogP contribution in [0.25, 0.3) is 10.9 Å². The first-order valence-electron chi connectivity index (χ1n) is 4.39. The van der Waals surface area contributed by atoms with Crippen LogP contribution in [0, 0.1) is 0 Å². The van der Waals surface area contributed by atoms with E-state index in [1.807, 2.05) is 25.4 Å². The highest BCUT2D eigenvalue weighted by molar-refractivity contribution is 9.10. The molecule has 0 aliphatic heterocycles. The van der Waals surface area contributed by atoms with Gasteiger partial charge in [-0.05, 0) is 13.0 Å². The molecule has 0 saturated carbocycles. The Morgan fingerprint density at radius 2 is 2.21 bits per heavy atom. The van der Waals surface area contributed by atoms with Crippen LogP contribution in [0.1, 0.15) is 18.6 Å². The first kappa shape index (κ1) is 9.68. The normalized spacial score (nSPS) is 13.4. The van der Waals surface area contributed by atoms with Gasteiger partial charge in [0.25, 0.3) is 0 Å². The van der Waals surface area contributed by atoms with E-state index in [2.05, 4.69) is 21.0 Å². The maximum absolute atomic E-state index is 9.56. The number of aromatic nitrogens is 2. The third-order valence-corrected chi connectivity index (χ3v) is 2.91. The van der Waals surface area contributed by atoms with Gasteiger partial charge >= 0.3 is 0 Å². The molecule has 0 spiro atoms. The van der Waals surface area contributed by atoms with Gasteiger partial charge in [0.15, 0.2) is 0 Å². The fourth-order valence-electron chi connectivity index (χ4n) is 1.55. The second-order valence-electron chi connectivity index (χ2n) is 3.38. The van der Waals surface area contributed by atoms with Crippen LogP contribution in [0.4, 0.5) is 0 Å². The zero-order valence-corrected chi connectivity index (χ0v) is 9.62. The van der Waals surface area contributed by atoms with E-state index in [1.165, 1.54) is 0 Å². The summed E-state index contributed by atoms with van der Waals surface area (Å²) in [7, 11) is 1.87. The lowest BCUT2D eigenvalue weighted by atomic mass is 10.1. The highest BCUT2D eigenvalue weighted by Crippen LogP contribution is 2.28. The zero-order valence-electron chi connectivity index (χ0n) is 8.03. The molecular formula is C10H11BrN2O. The first-order valence-corrected chi connectivity index (χ1v) is 5.18. The molecule has 1 aromatic carbocycles. The summed E-state index contributed by atoms with van der Waals surface area (Å²) in [6, 6.07) is 3.83. The lowest BCUT2D eigenvalue weighted by molar-refractivity contribution is 0.200. The number of aryl methyl sites for hydroxylation is 1. The summed E-state index contributed by atoms with van der Waals surface area (Å²) >= 11 is 3.46. The van der Waals surface area contributed by atoms with E-state index in [0.29, 0.717) is 0 Å². The Bertz CT molecular complexity index is 476. The lowest BCUT2D eigenvalue weighted by Gasteiger charge is -2.05. The van der Waals surface area contributed by atoms with Crippen LogP contribution >= 0.6 is 15.9 Å². The van der Waals surface area contributed by atoms with E-state index in [0.717, 1.165) is 20.9 Å². The molecule has 1 N–H and O–H groups in total. The minimum atomic E-state index is -0.486. The number of fused-ring (bicyclic) bond motifs is 1. The lowest BCUT2D eigenvalue weighted by Crippen LogP contribution is -1.93. The van der Waals surface area contributed by atoms with Gasteiger partial charge in [-0.1, -0.05) is 22.0 Å². The van der Waals surface area contributed by atoms with Crippen molar-refractivity contribution in [3.8, 4) is 0 Å². The summed E-state index contributed by atoms with van der Waals surface area (Å²) in [5.74, 6) is 0. The van der Waals surface area contributed by atoms with E-state index in [9.17, 15) is 5.11 Å². The van der Waals surface area contributed by atoms with Crippen LogP contribution in [0.3, 0.4) is 0 Å². The summed E-state index contributed by atoms with van der Waals surface area (Å²) in [5, 5.41) is 14.9. The van der Waals surface area contributed by atoms with Crippen molar-refractivity contribution in [3.63, 3.8) is 0 Å². The van der Waals surface area contributed by atoms with E-state index >= 15 is 0 Å². The second kappa shape index (κ2) is 3.37. The largest absolute Gasteiger partial charge is 0.389 e. The maximum atomic E-state index is 9.56. The molecule has 0 aliphatic rings. The molecule has 1 unspecified atom stereocenters. The third-order valence-electron chi connectivity index (χ3n) is 2.22. The van der Waals surface area contributed by atoms with Crippen molar-refractivity contribution in [2.45, 2.75) is 13.0 Å². The molecule has 2 rings (SSSR count). The maximum Gasteiger partial charge on any atom is 0.0992 e. The predicted octanol–water partition coefficient (Wildman–Crippen LogP) is 2.39. The number of nitrogens with zero attached hydrogens (tertiary/aromatic N) is 2. The molecule has 1 heterocycles. The van der Waals surface area contributed by atoms with Gasteiger partial charge < -0.3 is 5.11 Å². The van der Waals surface area contributed by atoms with Gasteiger partial charge in [-0.25, -0.2) is 0 Å². The molecule has 0 amide bonds. The average molecular weight is 255 g/mol. The number of halogens is 1. The van der Waals surface area contributed by atoms with Crippen LogP contribution < -0.4 is 0 Å². The summed E-state index contributed by atoms with van der Waals surface area (Å²) in [6.45, 7) is 1.75. The van der Waals surface area contributed by atoms with Gasteiger partial charge in [-0.3, -0.25) is 4.68 Å². The molecule has 1 aromatic heterocycles. The van der Waals surface area contributed by atoms with Crippen molar-refractivity contribution in [2.24, 2.45) is 7.05 Å². The molecule has 0 fully saturated rings. The Balaban J connectivity index is 2.81. The molecule has 0 aliphatic carbocycles. The molecule has 4 heteroatoms. The molecule has 2 aromatic rings. The number of aliphatic hydroxyl groups is 1. The predicted molar refractivity (Wildman–Crippen MR) is 59.0 cm³/mol. The van der Waals surface area contributed by atoms with Crippen LogP contribution in [-0.4, -0.2) is 14.9 Å². The van der Waals surface area contributed by atoms with E-state index in [-0.39, 0.29) is 0 Å². The Morgan fingerprint density at radius 3 is 2.86 bits per heavy atom. The fourth-order valence-corrected chi connectivity index (χ4v) is 1.97. The van der Waals surface area contributed by atoms with Gasteiger partial charge in [0.1, 0.15) is 0 Å². The van der Waals surface area contributed by atoms with Gasteiger partial charge in [-0.15, -0.1) is 0 Å². The topological polar surface area (TPSA) is 38.0 Å². The highest BCUT2D eigenvalue weighted by atomic mass is 79.9. The number of hydrogen-bond donors (Lipinski definition) is 1. The average Bonchev–Trinajstić information content (AvgIpc) is 2.47. The van der Waals surface area contributed by atoms with E-state index < -0.39 is 6.10 Å². The standard InChI is InChI=1S/C10H11BrN2O/c1-6(14)7-3-4-9(11)8-5-13(2)12-10(7)8/h3-6,14H,1-2H3. The molecule has 14 heavy (non-hydrogen) atoms. The molecule has 74 valence electrons. The molecule has 1 atom stereocenters. The Kier molecular flexibility index (Phi) is 2.33. The molecule has 0 radical (unpaired) electrons. The monoisotopic (exact) mass is 254 g/mol. The van der Waals surface area contributed by atoms with Crippen molar-refractivity contribution in [1.29, 1.82) is 0 Å². The molecule has 0 bridgehead atoms. The minimum absolute atomic E-state index is 0.486. The molecule has 3 nitrogen and oxygen atoms in total. The van der Waals surface area contributed by atoms with Gasteiger partial charge in [0, 0.05) is 28.7 Å². The number of rotatable bonds is 1. The second-order valence-corrected chi connectivity index (χ2v) is 4.23. The first-order chi connectivity index (χ1) is 6.59. The van der Waals surface area contributed by atoms with Crippen molar-refractivity contribution in [3.05, 3.63) is 28.4 Å². The zero-order chi connectivity index (χ0) is 10.3. The summed E-state index contributed by atoms with van der Waals surface area (Å²) in [6.07, 6.45) is 1.45. The van der Waals surface area contributed by atoms with E-state index in [1.54, 1.807) is 11.6 Å². The van der Waals surface area contributed by atoms with Gasteiger partial charge in [-0.2, -0.15) is 5.10 Å². The molecule has 0 saturated heterocycles. The SMILES string of the molecule is CC(O)c1ccc(Br)c2cn(C)nc12. The minimum Gasteiger partial charge on any atom is -0.389 e. The number of aliphatic hydroxyl groups excluding tert-OH is 1. The molecular weight excluding hydrogens is 244 g/mol. The van der Waals surface area contributed by atoms with Crippen molar-refractivity contribution < 1.29 is 5.11 Å². The van der Waals surface area contributed by atoms with E-state index in [4.69, 9.17) is 0 Å². The number of benzene rings is 1. The van der Waals surface area contributed by atoms with Crippen molar-refractivity contribution in [2.75, 3.05) is 0 Å². The van der Waals surface area contributed by atoms with Crippen molar-refractivity contribution >= 4 is 26.8 Å².